The summed E-state index contributed by atoms with van der Waals surface area (Å²) in [6.07, 6.45) is 66.5. The van der Waals surface area contributed by atoms with Crippen LogP contribution in [-0.2, 0) is 14.3 Å². The second-order valence-electron chi connectivity index (χ2n) is 20.7. The van der Waals surface area contributed by atoms with E-state index in [1.165, 1.54) is 263 Å². The third-order valence-electron chi connectivity index (χ3n) is 14.1. The van der Waals surface area contributed by atoms with Crippen molar-refractivity contribution in [2.45, 2.75) is 347 Å². The monoisotopic (exact) mass is 932 g/mol. The van der Waals surface area contributed by atoms with Gasteiger partial charge in [0.2, 0.25) is 5.91 Å². The van der Waals surface area contributed by atoms with Gasteiger partial charge in [-0.2, -0.15) is 0 Å². The Bertz CT molecular complexity index is 986. The number of amides is 1. The molecule has 0 rings (SSSR count). The van der Waals surface area contributed by atoms with E-state index in [1.54, 1.807) is 0 Å². The topological polar surface area (TPSA) is 95.9 Å². The first kappa shape index (κ1) is 64.6. The Labute approximate surface area is 412 Å². The summed E-state index contributed by atoms with van der Waals surface area (Å²) in [5.74, 6) is -0.0227. The number of rotatable bonds is 56. The molecule has 3 N–H and O–H groups in total. The van der Waals surface area contributed by atoms with Gasteiger partial charge < -0.3 is 20.3 Å². The molecule has 0 radical (unpaired) electrons. The fourth-order valence-corrected chi connectivity index (χ4v) is 9.46. The van der Waals surface area contributed by atoms with Gasteiger partial charge in [-0.1, -0.05) is 283 Å². The lowest BCUT2D eigenvalue weighted by atomic mass is 10.0. The summed E-state index contributed by atoms with van der Waals surface area (Å²) in [6.45, 7) is 4.96. The molecule has 0 aromatic heterocycles. The van der Waals surface area contributed by atoms with Crippen molar-refractivity contribution in [1.82, 2.24) is 5.32 Å². The molecule has 6 heteroatoms. The van der Waals surface area contributed by atoms with Gasteiger partial charge in [-0.15, -0.1) is 0 Å². The standard InChI is InChI=1S/C60H117NO5/c1-3-5-7-9-11-13-15-32-36-40-44-48-52-58(63)57(56-62)61-59(64)53-49-45-41-37-33-30-28-26-24-22-20-18-17-19-21-23-25-27-29-31-35-39-43-47-51-55-66-60(65)54-50-46-42-38-34-16-14-12-10-8-6-4-2/h18,20,57-58,62-63H,3-17,19,21-56H2,1-2H3,(H,61,64)/b20-18-. The molecule has 0 aromatic rings. The van der Waals surface area contributed by atoms with Crippen LogP contribution in [-0.4, -0.2) is 47.4 Å². The van der Waals surface area contributed by atoms with Crippen molar-refractivity contribution in [3.8, 4) is 0 Å². The molecule has 392 valence electrons. The normalized spacial score (nSPS) is 12.6. The van der Waals surface area contributed by atoms with Gasteiger partial charge in [-0.25, -0.2) is 0 Å². The summed E-state index contributed by atoms with van der Waals surface area (Å²) in [4.78, 5) is 24.5. The first-order chi connectivity index (χ1) is 32.5. The average Bonchev–Trinajstić information content (AvgIpc) is 3.32. The van der Waals surface area contributed by atoms with E-state index in [-0.39, 0.29) is 18.5 Å². The third-order valence-corrected chi connectivity index (χ3v) is 14.1. The predicted octanol–water partition coefficient (Wildman–Crippen LogP) is 18.5. The minimum atomic E-state index is -0.664. The van der Waals surface area contributed by atoms with Crippen LogP contribution in [0.3, 0.4) is 0 Å². The van der Waals surface area contributed by atoms with Gasteiger partial charge in [0, 0.05) is 12.8 Å². The SMILES string of the molecule is CCCCCCCCCCCCCCC(=O)OCCCCCCCCCCCCCC/C=C\CCCCCCCCCCCC(=O)NC(CO)C(O)CCCCCCCCCCCCCC. The van der Waals surface area contributed by atoms with E-state index in [9.17, 15) is 19.8 Å². The molecule has 0 bridgehead atoms. The second kappa shape index (κ2) is 56.2. The van der Waals surface area contributed by atoms with Crippen molar-refractivity contribution < 1.29 is 24.5 Å². The highest BCUT2D eigenvalue weighted by Crippen LogP contribution is 2.17. The number of carbonyl (C=O) groups excluding carboxylic acids is 2. The molecule has 2 atom stereocenters. The smallest absolute Gasteiger partial charge is 0.305 e. The largest absolute Gasteiger partial charge is 0.466 e. The van der Waals surface area contributed by atoms with Crippen LogP contribution in [0.25, 0.3) is 0 Å². The number of aliphatic hydroxyl groups is 2. The molecule has 0 aliphatic heterocycles. The van der Waals surface area contributed by atoms with Crippen LogP contribution in [0.2, 0.25) is 0 Å². The lowest BCUT2D eigenvalue weighted by Gasteiger charge is -2.22. The lowest BCUT2D eigenvalue weighted by molar-refractivity contribution is -0.143. The lowest BCUT2D eigenvalue weighted by Crippen LogP contribution is -2.45. The molecular weight excluding hydrogens is 815 g/mol. The van der Waals surface area contributed by atoms with E-state index in [0.717, 1.165) is 38.5 Å². The van der Waals surface area contributed by atoms with Crippen LogP contribution in [0.4, 0.5) is 0 Å². The third kappa shape index (κ3) is 52.0. The number of unbranched alkanes of at least 4 members (excludes halogenated alkanes) is 43. The minimum absolute atomic E-state index is 0.0145. The minimum Gasteiger partial charge on any atom is -0.466 e. The van der Waals surface area contributed by atoms with Crippen molar-refractivity contribution in [3.63, 3.8) is 0 Å². The molecule has 0 saturated heterocycles. The van der Waals surface area contributed by atoms with Crippen molar-refractivity contribution in [1.29, 1.82) is 0 Å². The van der Waals surface area contributed by atoms with Gasteiger partial charge in [-0.05, 0) is 51.4 Å². The average molecular weight is 933 g/mol. The highest BCUT2D eigenvalue weighted by molar-refractivity contribution is 5.76. The van der Waals surface area contributed by atoms with Gasteiger partial charge >= 0.3 is 5.97 Å². The van der Waals surface area contributed by atoms with Crippen LogP contribution >= 0.6 is 0 Å². The Morgan fingerprint density at radius 2 is 0.712 bits per heavy atom. The van der Waals surface area contributed by atoms with Crippen LogP contribution in [0.5, 0.6) is 0 Å². The van der Waals surface area contributed by atoms with Gasteiger partial charge in [0.1, 0.15) is 0 Å². The molecule has 0 aliphatic rings. The Kier molecular flexibility index (Phi) is 55.0. The van der Waals surface area contributed by atoms with E-state index in [2.05, 4.69) is 31.3 Å². The van der Waals surface area contributed by atoms with Crippen LogP contribution in [0.15, 0.2) is 12.2 Å². The summed E-state index contributed by atoms with van der Waals surface area (Å²) in [7, 11) is 0. The van der Waals surface area contributed by atoms with E-state index < -0.39 is 12.1 Å². The second-order valence-corrected chi connectivity index (χ2v) is 20.7. The molecule has 1 amide bonds. The Hall–Kier alpha value is -1.40. The molecule has 6 nitrogen and oxygen atoms in total. The molecule has 0 heterocycles. The number of esters is 1. The number of hydrogen-bond acceptors (Lipinski definition) is 5. The molecule has 0 aliphatic carbocycles. The molecule has 66 heavy (non-hydrogen) atoms. The zero-order valence-corrected chi connectivity index (χ0v) is 44.7. The number of ether oxygens (including phenoxy) is 1. The Morgan fingerprint density at radius 1 is 0.409 bits per heavy atom. The molecule has 0 aromatic carbocycles. The first-order valence-electron chi connectivity index (χ1n) is 29.9. The van der Waals surface area contributed by atoms with Crippen molar-refractivity contribution in [2.75, 3.05) is 13.2 Å². The predicted molar refractivity (Wildman–Crippen MR) is 287 cm³/mol. The van der Waals surface area contributed by atoms with E-state index in [1.807, 2.05) is 0 Å². The number of carbonyl (C=O) groups is 2. The number of nitrogens with one attached hydrogen (secondary N) is 1. The number of allylic oxidation sites excluding steroid dienone is 2. The highest BCUT2D eigenvalue weighted by atomic mass is 16.5. The zero-order chi connectivity index (χ0) is 47.9. The summed E-state index contributed by atoms with van der Waals surface area (Å²) in [6, 6.07) is -0.541. The van der Waals surface area contributed by atoms with Crippen molar-refractivity contribution in [3.05, 3.63) is 12.2 Å². The van der Waals surface area contributed by atoms with Crippen molar-refractivity contribution in [2.24, 2.45) is 0 Å². The van der Waals surface area contributed by atoms with Gasteiger partial charge in [0.05, 0.1) is 25.4 Å². The summed E-state index contributed by atoms with van der Waals surface area (Å²) >= 11 is 0. The maximum absolute atomic E-state index is 12.4. The molecule has 0 spiro atoms. The highest BCUT2D eigenvalue weighted by Gasteiger charge is 2.20. The summed E-state index contributed by atoms with van der Waals surface area (Å²) < 4.78 is 5.47. The van der Waals surface area contributed by atoms with Gasteiger partial charge in [0.15, 0.2) is 0 Å². The zero-order valence-electron chi connectivity index (χ0n) is 44.7. The van der Waals surface area contributed by atoms with E-state index >= 15 is 0 Å². The Balaban J connectivity index is 3.37. The Morgan fingerprint density at radius 3 is 1.08 bits per heavy atom. The first-order valence-corrected chi connectivity index (χ1v) is 29.9. The maximum atomic E-state index is 12.4. The van der Waals surface area contributed by atoms with E-state index in [0.29, 0.717) is 25.9 Å². The fourth-order valence-electron chi connectivity index (χ4n) is 9.46. The van der Waals surface area contributed by atoms with E-state index in [4.69, 9.17) is 4.74 Å². The van der Waals surface area contributed by atoms with Crippen molar-refractivity contribution >= 4 is 11.9 Å². The summed E-state index contributed by atoms with van der Waals surface area (Å²) in [5, 5.41) is 23.2. The van der Waals surface area contributed by atoms with Gasteiger partial charge in [-0.3, -0.25) is 9.59 Å². The van der Waals surface area contributed by atoms with Crippen LogP contribution < -0.4 is 5.32 Å². The van der Waals surface area contributed by atoms with Gasteiger partial charge in [0.25, 0.3) is 0 Å². The molecule has 0 fully saturated rings. The summed E-state index contributed by atoms with van der Waals surface area (Å²) in [5.41, 5.74) is 0. The molecular formula is C60H117NO5. The quantitative estimate of drug-likeness (QED) is 0.0321. The molecule has 2 unspecified atom stereocenters. The van der Waals surface area contributed by atoms with Crippen LogP contribution in [0, 0.1) is 0 Å². The maximum Gasteiger partial charge on any atom is 0.305 e. The number of hydrogen-bond donors (Lipinski definition) is 3. The molecule has 0 saturated carbocycles. The van der Waals surface area contributed by atoms with Crippen LogP contribution in [0.1, 0.15) is 335 Å². The number of aliphatic hydroxyl groups excluding tert-OH is 2. The fraction of sp³-hybridized carbons (Fsp3) is 0.933.